The molecule has 0 aliphatic carbocycles. The molecule has 178 valence electrons. The topological polar surface area (TPSA) is 70.7 Å². The molecular weight excluding hydrogens is 446 g/mol. The van der Waals surface area contributed by atoms with Crippen LogP contribution in [0.3, 0.4) is 0 Å². The van der Waals surface area contributed by atoms with E-state index in [2.05, 4.69) is 21.6 Å². The van der Waals surface area contributed by atoms with Crippen LogP contribution in [0.25, 0.3) is 0 Å². The fraction of sp³-hybridized carbons (Fsp3) is 0.333. The zero-order valence-corrected chi connectivity index (χ0v) is 20.2. The van der Waals surface area contributed by atoms with Crippen molar-refractivity contribution < 1.29 is 14.3 Å². The van der Waals surface area contributed by atoms with Gasteiger partial charge in [0.25, 0.3) is 5.91 Å². The highest BCUT2D eigenvalue weighted by Crippen LogP contribution is 2.31. The highest BCUT2D eigenvalue weighted by molar-refractivity contribution is 7.12. The molecule has 1 saturated heterocycles. The van der Waals surface area contributed by atoms with Crippen LogP contribution in [-0.2, 0) is 11.2 Å². The van der Waals surface area contributed by atoms with Crippen molar-refractivity contribution in [3.05, 3.63) is 88.1 Å². The number of nitrogens with one attached hydrogen (secondary N) is 2. The van der Waals surface area contributed by atoms with E-state index >= 15 is 0 Å². The Labute approximate surface area is 204 Å². The number of thiophene rings is 1. The van der Waals surface area contributed by atoms with Crippen LogP contribution < -0.4 is 15.4 Å². The van der Waals surface area contributed by atoms with Crippen LogP contribution in [0.15, 0.2) is 72.1 Å². The summed E-state index contributed by atoms with van der Waals surface area (Å²) in [4.78, 5) is 29.1. The van der Waals surface area contributed by atoms with Crippen LogP contribution in [0.1, 0.15) is 39.7 Å². The summed E-state index contributed by atoms with van der Waals surface area (Å²) in [5.41, 5.74) is 2.06. The molecule has 2 aromatic carbocycles. The van der Waals surface area contributed by atoms with Gasteiger partial charge in [-0.1, -0.05) is 54.6 Å². The van der Waals surface area contributed by atoms with Gasteiger partial charge in [-0.2, -0.15) is 0 Å². The van der Waals surface area contributed by atoms with Crippen molar-refractivity contribution in [2.45, 2.75) is 31.3 Å². The minimum atomic E-state index is -0.672. The van der Waals surface area contributed by atoms with E-state index in [4.69, 9.17) is 4.74 Å². The number of amides is 2. The Balaban J connectivity index is 1.50. The fourth-order valence-corrected chi connectivity index (χ4v) is 5.07. The largest absolute Gasteiger partial charge is 0.496 e. The number of hydrogen-bond donors (Lipinski definition) is 2. The molecule has 7 heteroatoms. The molecule has 3 aromatic rings. The molecule has 2 N–H and O–H groups in total. The minimum Gasteiger partial charge on any atom is -0.496 e. The summed E-state index contributed by atoms with van der Waals surface area (Å²) in [5, 5.41) is 7.93. The molecule has 0 bridgehead atoms. The second kappa shape index (κ2) is 11.8. The lowest BCUT2D eigenvalue weighted by molar-refractivity contribution is -0.123. The molecule has 1 aliphatic heterocycles. The maximum Gasteiger partial charge on any atom is 0.262 e. The van der Waals surface area contributed by atoms with E-state index in [1.807, 2.05) is 60.0 Å². The number of carbonyl (C=O) groups excluding carboxylic acids is 2. The Hall–Kier alpha value is -3.16. The van der Waals surface area contributed by atoms with Gasteiger partial charge in [0.2, 0.25) is 5.91 Å². The summed E-state index contributed by atoms with van der Waals surface area (Å²) in [6.45, 7) is 2.42. The molecule has 2 atom stereocenters. The van der Waals surface area contributed by atoms with Gasteiger partial charge in [0, 0.05) is 18.5 Å². The lowest BCUT2D eigenvalue weighted by Gasteiger charge is -2.30. The maximum absolute atomic E-state index is 13.4. The van der Waals surface area contributed by atoms with E-state index in [-0.39, 0.29) is 17.9 Å². The zero-order valence-electron chi connectivity index (χ0n) is 19.4. The fourth-order valence-electron chi connectivity index (χ4n) is 4.45. The van der Waals surface area contributed by atoms with Crippen LogP contribution in [0.2, 0.25) is 0 Å². The lowest BCUT2D eigenvalue weighted by Crippen LogP contribution is -2.49. The van der Waals surface area contributed by atoms with Crippen molar-refractivity contribution >= 4 is 23.2 Å². The Bertz CT molecular complexity index is 1070. The van der Waals surface area contributed by atoms with Crippen LogP contribution in [0, 0.1) is 0 Å². The smallest absolute Gasteiger partial charge is 0.262 e. The third kappa shape index (κ3) is 6.04. The summed E-state index contributed by atoms with van der Waals surface area (Å²) < 4.78 is 5.62. The summed E-state index contributed by atoms with van der Waals surface area (Å²) in [6.07, 6.45) is 2.72. The average Bonchev–Trinajstić information content (AvgIpc) is 3.59. The van der Waals surface area contributed by atoms with Gasteiger partial charge in [-0.3, -0.25) is 14.5 Å². The highest BCUT2D eigenvalue weighted by atomic mass is 32.1. The van der Waals surface area contributed by atoms with Crippen molar-refractivity contribution in [3.8, 4) is 5.75 Å². The number of likely N-dealkylation sites (tertiary alicyclic amines) is 1. The molecule has 2 heterocycles. The zero-order chi connectivity index (χ0) is 23.8. The van der Waals surface area contributed by atoms with Crippen LogP contribution in [0.4, 0.5) is 0 Å². The van der Waals surface area contributed by atoms with Gasteiger partial charge < -0.3 is 15.4 Å². The van der Waals surface area contributed by atoms with Crippen molar-refractivity contribution in [3.63, 3.8) is 0 Å². The number of benzene rings is 2. The number of para-hydroxylation sites is 1. The van der Waals surface area contributed by atoms with Gasteiger partial charge in [-0.25, -0.2) is 0 Å². The van der Waals surface area contributed by atoms with Crippen LogP contribution in [-0.4, -0.2) is 49.5 Å². The SMILES string of the molecule is COc1ccccc1C(CNC(=O)C(Cc1ccccc1)NC(=O)c1cccs1)N1CCCC1. The third-order valence-electron chi connectivity index (χ3n) is 6.20. The normalized spacial score (nSPS) is 15.4. The van der Waals surface area contributed by atoms with Crippen molar-refractivity contribution in [1.29, 1.82) is 0 Å². The number of hydrogen-bond acceptors (Lipinski definition) is 5. The minimum absolute atomic E-state index is 0.00738. The van der Waals surface area contributed by atoms with Crippen molar-refractivity contribution in [2.75, 3.05) is 26.7 Å². The first-order valence-electron chi connectivity index (χ1n) is 11.7. The number of carbonyl (C=O) groups is 2. The standard InChI is InChI=1S/C27H31N3O3S/c1-33-24-13-6-5-12-21(24)23(30-15-7-8-16-30)19-28-26(31)22(18-20-10-3-2-4-11-20)29-27(32)25-14-9-17-34-25/h2-6,9-14,17,22-23H,7-8,15-16,18-19H2,1H3,(H,28,31)(H,29,32). The van der Waals surface area contributed by atoms with Gasteiger partial charge in [0.15, 0.2) is 0 Å². The molecule has 2 amide bonds. The van der Waals surface area contributed by atoms with E-state index in [1.54, 1.807) is 13.2 Å². The molecule has 0 radical (unpaired) electrons. The summed E-state index contributed by atoms with van der Waals surface area (Å²) in [6, 6.07) is 20.7. The second-order valence-electron chi connectivity index (χ2n) is 8.44. The van der Waals surface area contributed by atoms with Crippen LogP contribution >= 0.6 is 11.3 Å². The molecule has 2 unspecified atom stereocenters. The number of ether oxygens (including phenoxy) is 1. The quantitative estimate of drug-likeness (QED) is 0.462. The van der Waals surface area contributed by atoms with Crippen LogP contribution in [0.5, 0.6) is 5.75 Å². The molecule has 1 aliphatic rings. The maximum atomic E-state index is 13.4. The Kier molecular flexibility index (Phi) is 8.33. The Morgan fingerprint density at radius 2 is 1.74 bits per heavy atom. The molecule has 1 fully saturated rings. The number of nitrogens with zero attached hydrogens (tertiary/aromatic N) is 1. The first-order valence-corrected chi connectivity index (χ1v) is 12.6. The van der Waals surface area contributed by atoms with Gasteiger partial charge >= 0.3 is 0 Å². The summed E-state index contributed by atoms with van der Waals surface area (Å²) in [7, 11) is 1.68. The first-order chi connectivity index (χ1) is 16.7. The highest BCUT2D eigenvalue weighted by Gasteiger charge is 2.28. The number of methoxy groups -OCH3 is 1. The van der Waals surface area contributed by atoms with Crippen molar-refractivity contribution in [1.82, 2.24) is 15.5 Å². The third-order valence-corrected chi connectivity index (χ3v) is 7.07. The summed E-state index contributed by atoms with van der Waals surface area (Å²) in [5.74, 6) is 0.403. The van der Waals surface area contributed by atoms with E-state index < -0.39 is 6.04 Å². The lowest BCUT2D eigenvalue weighted by atomic mass is 10.0. The molecule has 1 aromatic heterocycles. The summed E-state index contributed by atoms with van der Waals surface area (Å²) >= 11 is 1.36. The monoisotopic (exact) mass is 477 g/mol. The molecule has 0 saturated carbocycles. The van der Waals surface area contributed by atoms with Gasteiger partial charge in [-0.15, -0.1) is 11.3 Å². The Morgan fingerprint density at radius 3 is 2.44 bits per heavy atom. The van der Waals surface area contributed by atoms with E-state index in [9.17, 15) is 9.59 Å². The van der Waals surface area contributed by atoms with Gasteiger partial charge in [-0.05, 0) is 49.0 Å². The van der Waals surface area contributed by atoms with Crippen molar-refractivity contribution in [2.24, 2.45) is 0 Å². The second-order valence-corrected chi connectivity index (χ2v) is 9.39. The average molecular weight is 478 g/mol. The number of rotatable bonds is 10. The van der Waals surface area contributed by atoms with Gasteiger partial charge in [0.1, 0.15) is 11.8 Å². The molecule has 4 rings (SSSR count). The van der Waals surface area contributed by atoms with E-state index in [1.165, 1.54) is 11.3 Å². The van der Waals surface area contributed by atoms with E-state index in [0.29, 0.717) is 17.8 Å². The van der Waals surface area contributed by atoms with Gasteiger partial charge in [0.05, 0.1) is 18.0 Å². The molecular formula is C27H31N3O3S. The van der Waals surface area contributed by atoms with E-state index in [0.717, 1.165) is 42.8 Å². The predicted molar refractivity (Wildman–Crippen MR) is 135 cm³/mol. The predicted octanol–water partition coefficient (Wildman–Crippen LogP) is 4.05. The molecule has 0 spiro atoms. The first kappa shape index (κ1) is 24.0. The molecule has 34 heavy (non-hydrogen) atoms. The Morgan fingerprint density at radius 1 is 1.00 bits per heavy atom. The molecule has 6 nitrogen and oxygen atoms in total.